The van der Waals surface area contributed by atoms with Crippen LogP contribution in [0.4, 0.5) is 5.95 Å². The van der Waals surface area contributed by atoms with Gasteiger partial charge >= 0.3 is 6.01 Å². The molecule has 2 heterocycles. The van der Waals surface area contributed by atoms with Crippen molar-refractivity contribution >= 4 is 17.5 Å². The molecule has 0 amide bonds. The van der Waals surface area contributed by atoms with E-state index in [0.717, 1.165) is 25.9 Å². The molecular formula is C11H13ClN4O. The third-order valence-electron chi connectivity index (χ3n) is 2.48. The Morgan fingerprint density at radius 3 is 2.71 bits per heavy atom. The first-order valence-corrected chi connectivity index (χ1v) is 5.86. The van der Waals surface area contributed by atoms with Crippen LogP contribution in [-0.4, -0.2) is 34.1 Å². The van der Waals surface area contributed by atoms with E-state index < -0.39 is 0 Å². The lowest BCUT2D eigenvalue weighted by Crippen LogP contribution is -2.21. The predicted octanol–water partition coefficient (Wildman–Crippen LogP) is 1.53. The molecule has 5 nitrogen and oxygen atoms in total. The molecule has 0 N–H and O–H groups in total. The van der Waals surface area contributed by atoms with Gasteiger partial charge in [-0.15, -0.1) is 6.42 Å². The largest absolute Gasteiger partial charge is 0.447 e. The lowest BCUT2D eigenvalue weighted by Gasteiger charge is -2.15. The van der Waals surface area contributed by atoms with Crippen LogP contribution in [0.1, 0.15) is 19.8 Å². The third-order valence-corrected chi connectivity index (χ3v) is 2.65. The van der Waals surface area contributed by atoms with Gasteiger partial charge < -0.3 is 9.64 Å². The molecule has 1 aromatic heterocycles. The molecule has 17 heavy (non-hydrogen) atoms. The van der Waals surface area contributed by atoms with Gasteiger partial charge in [-0.1, -0.05) is 5.92 Å². The van der Waals surface area contributed by atoms with Gasteiger partial charge in [-0.2, -0.15) is 15.0 Å². The number of rotatable bonds is 3. The Morgan fingerprint density at radius 1 is 1.35 bits per heavy atom. The van der Waals surface area contributed by atoms with E-state index in [1.54, 1.807) is 6.92 Å². The van der Waals surface area contributed by atoms with Crippen LogP contribution >= 0.6 is 11.6 Å². The molecule has 1 aliphatic rings. The highest BCUT2D eigenvalue weighted by Crippen LogP contribution is 2.19. The number of aromatic nitrogens is 3. The number of ether oxygens (including phenoxy) is 1. The molecule has 2 rings (SSSR count). The normalized spacial score (nSPS) is 16.6. The number of hydrogen-bond donors (Lipinski definition) is 0. The van der Waals surface area contributed by atoms with Gasteiger partial charge in [-0.05, 0) is 31.4 Å². The van der Waals surface area contributed by atoms with E-state index in [0.29, 0.717) is 5.95 Å². The smallest absolute Gasteiger partial charge is 0.323 e. The van der Waals surface area contributed by atoms with Crippen molar-refractivity contribution in [1.82, 2.24) is 15.0 Å². The summed E-state index contributed by atoms with van der Waals surface area (Å²) in [6, 6.07) is 0.178. The summed E-state index contributed by atoms with van der Waals surface area (Å²) >= 11 is 5.83. The maximum atomic E-state index is 5.83. The van der Waals surface area contributed by atoms with Crippen molar-refractivity contribution in [3.63, 3.8) is 0 Å². The first-order chi connectivity index (χ1) is 8.19. The van der Waals surface area contributed by atoms with E-state index in [1.807, 2.05) is 0 Å². The van der Waals surface area contributed by atoms with Gasteiger partial charge in [0.1, 0.15) is 0 Å². The summed E-state index contributed by atoms with van der Waals surface area (Å²) in [5.41, 5.74) is 0. The minimum atomic E-state index is -0.389. The summed E-state index contributed by atoms with van der Waals surface area (Å²) in [5.74, 6) is 3.00. The molecule has 1 fully saturated rings. The average molecular weight is 253 g/mol. The van der Waals surface area contributed by atoms with E-state index in [4.69, 9.17) is 22.8 Å². The first kappa shape index (κ1) is 11.9. The number of hydrogen-bond acceptors (Lipinski definition) is 5. The van der Waals surface area contributed by atoms with E-state index in [-0.39, 0.29) is 17.4 Å². The second-order valence-corrected chi connectivity index (χ2v) is 4.15. The Balaban J connectivity index is 2.20. The Bertz CT molecular complexity index is 440. The molecule has 1 atom stereocenters. The van der Waals surface area contributed by atoms with Gasteiger partial charge in [-0.3, -0.25) is 0 Å². The highest BCUT2D eigenvalue weighted by Gasteiger charge is 2.17. The van der Waals surface area contributed by atoms with Gasteiger partial charge in [0.25, 0.3) is 0 Å². The molecule has 1 aromatic rings. The van der Waals surface area contributed by atoms with Gasteiger partial charge in [0.05, 0.1) is 0 Å². The summed E-state index contributed by atoms with van der Waals surface area (Å²) in [6.45, 7) is 3.61. The summed E-state index contributed by atoms with van der Waals surface area (Å²) < 4.78 is 5.34. The first-order valence-electron chi connectivity index (χ1n) is 5.48. The van der Waals surface area contributed by atoms with Crippen molar-refractivity contribution in [2.45, 2.75) is 25.9 Å². The Labute approximate surface area is 105 Å². The van der Waals surface area contributed by atoms with Crippen LogP contribution in [0.3, 0.4) is 0 Å². The molecule has 1 unspecified atom stereocenters. The second-order valence-electron chi connectivity index (χ2n) is 3.81. The van der Waals surface area contributed by atoms with E-state index in [9.17, 15) is 0 Å². The lowest BCUT2D eigenvalue weighted by molar-refractivity contribution is 0.255. The molecule has 0 aliphatic carbocycles. The van der Waals surface area contributed by atoms with E-state index >= 15 is 0 Å². The minimum absolute atomic E-state index is 0.126. The van der Waals surface area contributed by atoms with Gasteiger partial charge in [0.15, 0.2) is 6.10 Å². The second kappa shape index (κ2) is 5.19. The molecule has 1 aliphatic heterocycles. The zero-order chi connectivity index (χ0) is 12.3. The van der Waals surface area contributed by atoms with Crippen molar-refractivity contribution in [2.75, 3.05) is 18.0 Å². The highest BCUT2D eigenvalue weighted by molar-refractivity contribution is 6.28. The molecule has 0 radical (unpaired) electrons. The number of nitrogens with zero attached hydrogens (tertiary/aromatic N) is 4. The van der Waals surface area contributed by atoms with Crippen LogP contribution in [-0.2, 0) is 0 Å². The Hall–Kier alpha value is -1.54. The highest BCUT2D eigenvalue weighted by atomic mass is 35.5. The Kier molecular flexibility index (Phi) is 3.64. The molecule has 1 saturated heterocycles. The standard InChI is InChI=1S/C11H13ClN4O/c1-3-8(2)17-11-14-9(12)13-10(15-11)16-6-4-5-7-16/h1,8H,4-7H2,2H3. The van der Waals surface area contributed by atoms with E-state index in [2.05, 4.69) is 25.8 Å². The molecule has 0 saturated carbocycles. The molecule has 0 aromatic carbocycles. The maximum Gasteiger partial charge on any atom is 0.323 e. The molecule has 0 spiro atoms. The summed E-state index contributed by atoms with van der Waals surface area (Å²) in [6.07, 6.45) is 7.12. The predicted molar refractivity (Wildman–Crippen MR) is 65.2 cm³/mol. The van der Waals surface area contributed by atoms with Crippen LogP contribution in [0.15, 0.2) is 0 Å². The average Bonchev–Trinajstić information content (AvgIpc) is 2.81. The zero-order valence-corrected chi connectivity index (χ0v) is 10.3. The minimum Gasteiger partial charge on any atom is -0.447 e. The quantitative estimate of drug-likeness (QED) is 0.764. The number of anilines is 1. The zero-order valence-electron chi connectivity index (χ0n) is 9.56. The summed E-state index contributed by atoms with van der Waals surface area (Å²) in [7, 11) is 0. The number of halogens is 1. The van der Waals surface area contributed by atoms with Crippen LogP contribution in [0, 0.1) is 12.3 Å². The monoisotopic (exact) mass is 252 g/mol. The Morgan fingerprint density at radius 2 is 2.06 bits per heavy atom. The topological polar surface area (TPSA) is 51.1 Å². The van der Waals surface area contributed by atoms with E-state index in [1.165, 1.54) is 0 Å². The lowest BCUT2D eigenvalue weighted by atomic mass is 10.4. The van der Waals surface area contributed by atoms with Crippen LogP contribution in [0.5, 0.6) is 6.01 Å². The number of terminal acetylenes is 1. The fourth-order valence-corrected chi connectivity index (χ4v) is 1.77. The third kappa shape index (κ3) is 2.98. The van der Waals surface area contributed by atoms with Crippen molar-refractivity contribution < 1.29 is 4.74 Å². The van der Waals surface area contributed by atoms with Crippen LogP contribution < -0.4 is 9.64 Å². The van der Waals surface area contributed by atoms with Gasteiger partial charge in [-0.25, -0.2) is 0 Å². The van der Waals surface area contributed by atoms with Crippen molar-refractivity contribution in [2.24, 2.45) is 0 Å². The maximum absolute atomic E-state index is 5.83. The van der Waals surface area contributed by atoms with Crippen molar-refractivity contribution in [3.05, 3.63) is 5.28 Å². The fourth-order valence-electron chi connectivity index (χ4n) is 1.63. The molecular weight excluding hydrogens is 240 g/mol. The van der Waals surface area contributed by atoms with Crippen molar-refractivity contribution in [1.29, 1.82) is 0 Å². The van der Waals surface area contributed by atoms with Gasteiger partial charge in [0, 0.05) is 13.1 Å². The fraction of sp³-hybridized carbons (Fsp3) is 0.545. The van der Waals surface area contributed by atoms with Crippen molar-refractivity contribution in [3.8, 4) is 18.4 Å². The molecule has 6 heteroatoms. The van der Waals surface area contributed by atoms with Crippen LogP contribution in [0.25, 0.3) is 0 Å². The molecule has 90 valence electrons. The summed E-state index contributed by atoms with van der Waals surface area (Å²) in [4.78, 5) is 14.2. The van der Waals surface area contributed by atoms with Gasteiger partial charge in [0.2, 0.25) is 11.2 Å². The summed E-state index contributed by atoms with van der Waals surface area (Å²) in [5, 5.41) is 0.126. The van der Waals surface area contributed by atoms with Crippen LogP contribution in [0.2, 0.25) is 5.28 Å². The SMILES string of the molecule is C#CC(C)Oc1nc(Cl)nc(N2CCCC2)n1. The molecule has 0 bridgehead atoms.